The van der Waals surface area contributed by atoms with E-state index >= 15 is 0 Å². The van der Waals surface area contributed by atoms with Crippen molar-refractivity contribution in [3.8, 4) is 5.69 Å². The van der Waals surface area contributed by atoms with Crippen LogP contribution in [0.4, 0.5) is 45.2 Å². The summed E-state index contributed by atoms with van der Waals surface area (Å²) < 4.78 is 127. The topological polar surface area (TPSA) is 65.3 Å². The fourth-order valence-corrected chi connectivity index (χ4v) is 3.00. The summed E-state index contributed by atoms with van der Waals surface area (Å²) in [7, 11) is 1.24. The third-order valence-corrected chi connectivity index (χ3v) is 4.91. The lowest BCUT2D eigenvalue weighted by molar-refractivity contribution is -0.366. The highest BCUT2D eigenvalue weighted by Crippen LogP contribution is 2.64. The van der Waals surface area contributed by atoms with Crippen LogP contribution in [0, 0.1) is 6.92 Å². The van der Waals surface area contributed by atoms with E-state index < -0.39 is 46.9 Å². The second kappa shape index (κ2) is 6.76. The van der Waals surface area contributed by atoms with Crippen LogP contribution in [0.25, 0.3) is 5.69 Å². The molecule has 0 spiro atoms. The van der Waals surface area contributed by atoms with Crippen molar-refractivity contribution >= 4 is 11.6 Å². The molecule has 0 aliphatic carbocycles. The van der Waals surface area contributed by atoms with Gasteiger partial charge in [-0.2, -0.15) is 39.5 Å². The van der Waals surface area contributed by atoms with Crippen molar-refractivity contribution in [3.05, 3.63) is 46.4 Å². The monoisotopic (exact) mass is 477 g/mol. The second-order valence-corrected chi connectivity index (χ2v) is 6.83. The van der Waals surface area contributed by atoms with Crippen molar-refractivity contribution in [1.82, 2.24) is 9.36 Å². The maximum atomic E-state index is 14.3. The fourth-order valence-electron chi connectivity index (χ4n) is 3.00. The highest BCUT2D eigenvalue weighted by molar-refractivity contribution is 5.97. The number of hydrogen-bond donors (Lipinski definition) is 1. The summed E-state index contributed by atoms with van der Waals surface area (Å²) in [5.74, 6) is -29.3. The van der Waals surface area contributed by atoms with Gasteiger partial charge in [-0.3, -0.25) is 19.0 Å². The number of nitrogens with one attached hydrogen (secondary N) is 1. The fraction of sp³-hybridized carbons (Fsp3) is 0.412. The standard InChI is InChI=1S/C17H12F9N3O3/c1-8-10(11(30)29(28(8)2)9-6-4-3-5-7-9)27-12(31)13(18,19)16(24)14(20,21)15(22,23)17(25,26)32-16/h3-7H,1-2H3,(H,27,31)/t16-/m0/s1. The lowest BCUT2D eigenvalue weighted by Gasteiger charge is -2.31. The van der Waals surface area contributed by atoms with Gasteiger partial charge in [0.25, 0.3) is 5.56 Å². The Kier molecular flexibility index (Phi) is 5.01. The van der Waals surface area contributed by atoms with E-state index in [1.54, 1.807) is 6.07 Å². The van der Waals surface area contributed by atoms with Crippen molar-refractivity contribution < 1.29 is 49.0 Å². The summed E-state index contributed by atoms with van der Waals surface area (Å²) in [6.45, 7) is 1.11. The number of alkyl halides is 9. The predicted molar refractivity (Wildman–Crippen MR) is 89.1 cm³/mol. The number of benzene rings is 1. The Morgan fingerprint density at radius 1 is 1.00 bits per heavy atom. The van der Waals surface area contributed by atoms with Gasteiger partial charge in [-0.15, -0.1) is 0 Å². The van der Waals surface area contributed by atoms with Crippen LogP contribution in [0.15, 0.2) is 35.1 Å². The van der Waals surface area contributed by atoms with E-state index in [0.29, 0.717) is 0 Å². The van der Waals surface area contributed by atoms with Crippen molar-refractivity contribution in [3.63, 3.8) is 0 Å². The minimum atomic E-state index is -6.82. The Morgan fingerprint density at radius 3 is 2.00 bits per heavy atom. The molecule has 1 N–H and O–H groups in total. The number of carbonyl (C=O) groups excluding carboxylic acids is 1. The van der Waals surface area contributed by atoms with Crippen molar-refractivity contribution in [2.75, 3.05) is 5.32 Å². The van der Waals surface area contributed by atoms with Crippen LogP contribution < -0.4 is 10.9 Å². The Bertz CT molecular complexity index is 1130. The number of hydrogen-bond acceptors (Lipinski definition) is 3. The molecule has 1 amide bonds. The SMILES string of the molecule is Cc1c(NC(=O)C(F)(F)[C@]2(F)OC(F)(F)C(F)(F)C2(F)F)c(=O)n(-c2ccccc2)n1C. The molecule has 1 aromatic carbocycles. The number of nitrogens with zero attached hydrogens (tertiary/aromatic N) is 2. The Morgan fingerprint density at radius 2 is 1.53 bits per heavy atom. The number of amides is 1. The minimum Gasteiger partial charge on any atom is -0.314 e. The second-order valence-electron chi connectivity index (χ2n) is 6.83. The molecule has 6 nitrogen and oxygen atoms in total. The molecule has 2 heterocycles. The van der Waals surface area contributed by atoms with E-state index in [9.17, 15) is 49.1 Å². The first kappa shape index (κ1) is 23.7. The first-order valence-corrected chi connectivity index (χ1v) is 8.50. The van der Waals surface area contributed by atoms with Gasteiger partial charge in [-0.05, 0) is 19.1 Å². The van der Waals surface area contributed by atoms with E-state index in [0.717, 1.165) is 21.6 Å². The van der Waals surface area contributed by atoms with Gasteiger partial charge in [0.1, 0.15) is 5.69 Å². The van der Waals surface area contributed by atoms with Crippen molar-refractivity contribution in [1.29, 1.82) is 0 Å². The summed E-state index contributed by atoms with van der Waals surface area (Å²) in [6, 6.07) is 7.34. The summed E-state index contributed by atoms with van der Waals surface area (Å²) in [5.41, 5.74) is -2.24. The molecule has 0 bridgehead atoms. The number of ether oxygens (including phenoxy) is 1. The molecule has 1 saturated heterocycles. The van der Waals surface area contributed by atoms with Gasteiger partial charge in [0.15, 0.2) is 0 Å². The van der Waals surface area contributed by atoms with Crippen LogP contribution in [0.2, 0.25) is 0 Å². The molecular weight excluding hydrogens is 465 g/mol. The molecule has 1 aliphatic rings. The van der Waals surface area contributed by atoms with E-state index in [2.05, 4.69) is 4.74 Å². The summed E-state index contributed by atoms with van der Waals surface area (Å²) in [6.07, 6.45) is -6.36. The van der Waals surface area contributed by atoms with Gasteiger partial charge in [0, 0.05) is 7.05 Å². The maximum Gasteiger partial charge on any atom is 0.428 e. The molecule has 3 rings (SSSR count). The lowest BCUT2D eigenvalue weighted by atomic mass is 9.99. The minimum absolute atomic E-state index is 0.169. The molecule has 0 saturated carbocycles. The van der Waals surface area contributed by atoms with Crippen LogP contribution >= 0.6 is 0 Å². The average Bonchev–Trinajstić information content (AvgIpc) is 2.95. The highest BCUT2D eigenvalue weighted by Gasteiger charge is 2.96. The molecule has 1 fully saturated rings. The Labute approximate surface area is 172 Å². The highest BCUT2D eigenvalue weighted by atomic mass is 19.4. The van der Waals surface area contributed by atoms with Crippen molar-refractivity contribution in [2.24, 2.45) is 7.05 Å². The quantitative estimate of drug-likeness (QED) is 0.685. The Balaban J connectivity index is 2.04. The van der Waals surface area contributed by atoms with Gasteiger partial charge in [0.2, 0.25) is 0 Å². The molecule has 15 heteroatoms. The lowest BCUT2D eigenvalue weighted by Crippen LogP contribution is -2.63. The molecule has 1 aromatic heterocycles. The van der Waals surface area contributed by atoms with Crippen LogP contribution in [0.3, 0.4) is 0 Å². The van der Waals surface area contributed by atoms with Gasteiger partial charge in [0.05, 0.1) is 11.4 Å². The first-order chi connectivity index (χ1) is 14.4. The third kappa shape index (κ3) is 2.79. The van der Waals surface area contributed by atoms with Gasteiger partial charge >= 0.3 is 35.6 Å². The van der Waals surface area contributed by atoms with Gasteiger partial charge in [-0.1, -0.05) is 18.2 Å². The maximum absolute atomic E-state index is 14.3. The van der Waals surface area contributed by atoms with Gasteiger partial charge < -0.3 is 5.32 Å². The molecule has 1 atom stereocenters. The van der Waals surface area contributed by atoms with Crippen LogP contribution in [0.5, 0.6) is 0 Å². The third-order valence-electron chi connectivity index (χ3n) is 4.91. The summed E-state index contributed by atoms with van der Waals surface area (Å²) >= 11 is 0. The molecule has 176 valence electrons. The molecule has 32 heavy (non-hydrogen) atoms. The van der Waals surface area contributed by atoms with E-state index in [4.69, 9.17) is 0 Å². The zero-order valence-electron chi connectivity index (χ0n) is 15.9. The number of carbonyl (C=O) groups is 1. The summed E-state index contributed by atoms with van der Waals surface area (Å²) in [4.78, 5) is 24.5. The van der Waals surface area contributed by atoms with Crippen LogP contribution in [-0.4, -0.2) is 45.0 Å². The number of aromatic nitrogens is 2. The predicted octanol–water partition coefficient (Wildman–Crippen LogP) is 3.62. The van der Waals surface area contributed by atoms with Crippen molar-refractivity contribution in [2.45, 2.75) is 36.7 Å². The van der Waals surface area contributed by atoms with E-state index in [1.807, 2.05) is 0 Å². The van der Waals surface area contributed by atoms with E-state index in [1.165, 1.54) is 31.3 Å². The molecule has 0 unspecified atom stereocenters. The Hall–Kier alpha value is -2.97. The van der Waals surface area contributed by atoms with Crippen LogP contribution in [-0.2, 0) is 16.6 Å². The number of para-hydroxylation sites is 1. The normalized spacial score (nSPS) is 23.8. The first-order valence-electron chi connectivity index (χ1n) is 8.50. The summed E-state index contributed by atoms with van der Waals surface area (Å²) in [5, 5.41) is 1.16. The number of anilines is 1. The molecule has 1 aliphatic heterocycles. The number of halogens is 9. The number of rotatable bonds is 4. The molecule has 2 aromatic rings. The zero-order valence-corrected chi connectivity index (χ0v) is 15.9. The smallest absolute Gasteiger partial charge is 0.314 e. The molecular formula is C17H12F9N3O3. The largest absolute Gasteiger partial charge is 0.428 e. The van der Waals surface area contributed by atoms with E-state index in [-0.39, 0.29) is 11.4 Å². The van der Waals surface area contributed by atoms with Crippen LogP contribution in [0.1, 0.15) is 5.69 Å². The average molecular weight is 477 g/mol. The van der Waals surface area contributed by atoms with Gasteiger partial charge in [-0.25, -0.2) is 4.68 Å². The molecule has 0 radical (unpaired) electrons. The zero-order chi connectivity index (χ0) is 24.5.